The number of hydrogen-bond acceptors (Lipinski definition) is 8. The van der Waals surface area contributed by atoms with Crippen LogP contribution in [-0.4, -0.2) is 72.8 Å². The first kappa shape index (κ1) is 17.1. The van der Waals surface area contributed by atoms with Gasteiger partial charge in [0.05, 0.1) is 6.61 Å². The van der Waals surface area contributed by atoms with E-state index in [0.29, 0.717) is 0 Å². The third-order valence-corrected chi connectivity index (χ3v) is 3.61. The van der Waals surface area contributed by atoms with E-state index in [2.05, 4.69) is 9.62 Å². The summed E-state index contributed by atoms with van der Waals surface area (Å²) in [5.74, 6) is -0.250. The number of aliphatic imine (C=N–C) groups is 1. The molecule has 12 nitrogen and oxygen atoms in total. The third kappa shape index (κ3) is 2.96. The predicted molar refractivity (Wildman–Crippen MR) is 67.3 cm³/mol. The van der Waals surface area contributed by atoms with E-state index in [1.54, 1.807) is 0 Å². The fraction of sp³-hybridized carbons (Fsp3) is 0.556. The molecule has 1 saturated heterocycles. The van der Waals surface area contributed by atoms with Gasteiger partial charge < -0.3 is 25.8 Å². The number of carbonyl (C=O) groups is 1. The lowest BCUT2D eigenvalue weighted by atomic mass is 10.1. The maximum absolute atomic E-state index is 12.1. The molecule has 1 fully saturated rings. The highest BCUT2D eigenvalue weighted by Crippen LogP contribution is 2.45. The van der Waals surface area contributed by atoms with Crippen LogP contribution < -0.4 is 5.73 Å². The van der Waals surface area contributed by atoms with Crippen molar-refractivity contribution in [2.24, 2.45) is 10.7 Å². The molecule has 0 aromatic heterocycles. The molecule has 0 bridgehead atoms. The Morgan fingerprint density at radius 2 is 2.05 bits per heavy atom. The predicted octanol–water partition coefficient (Wildman–Crippen LogP) is -2.73. The summed E-state index contributed by atoms with van der Waals surface area (Å²) in [6.45, 7) is -0.700. The number of amides is 2. The second-order valence-corrected chi connectivity index (χ2v) is 5.79. The number of quaternary nitrogens is 1. The van der Waals surface area contributed by atoms with Crippen molar-refractivity contribution in [3.05, 3.63) is 12.3 Å². The number of amidine groups is 1. The summed E-state index contributed by atoms with van der Waals surface area (Å²) in [5.41, 5.74) is 5.31. The van der Waals surface area contributed by atoms with Crippen LogP contribution >= 0.6 is 7.82 Å². The van der Waals surface area contributed by atoms with Crippen molar-refractivity contribution in [1.82, 2.24) is 0 Å². The molecule has 0 aliphatic carbocycles. The van der Waals surface area contributed by atoms with Crippen LogP contribution in [0.1, 0.15) is 0 Å². The van der Waals surface area contributed by atoms with E-state index in [0.717, 1.165) is 12.3 Å². The van der Waals surface area contributed by atoms with Gasteiger partial charge in [0.25, 0.3) is 6.23 Å². The molecule has 0 aromatic carbocycles. The minimum atomic E-state index is -5.23. The van der Waals surface area contributed by atoms with Gasteiger partial charge in [0.15, 0.2) is 6.10 Å². The summed E-state index contributed by atoms with van der Waals surface area (Å²) in [5, 5.41) is 28.7. The van der Waals surface area contributed by atoms with Crippen molar-refractivity contribution in [1.29, 1.82) is 0 Å². The number of nitrogens with zero attached hydrogens (tertiary/aromatic N) is 2. The van der Waals surface area contributed by atoms with Gasteiger partial charge in [0, 0.05) is 6.08 Å². The largest absolute Gasteiger partial charge is 0.516 e. The number of hydroxylamine groups is 3. The Balaban J connectivity index is 2.45. The molecule has 2 aliphatic heterocycles. The topological polar surface area (TPSA) is 192 Å². The molecule has 22 heavy (non-hydrogen) atoms. The van der Waals surface area contributed by atoms with Crippen LogP contribution in [0.25, 0.3) is 0 Å². The standard InChI is InChI=1S/C9H14N3O9P/c10-5-1-2-12(9(16)11-5,21-22(17,18)19)8-7(15)6(14)4(3-13)20-8/h1-2,4,6-8,13-15H,3H2,(H3-,10,11,16,17,18,19)/p+1/t4-,6-,7-,8-,12?/m1/s1. The summed E-state index contributed by atoms with van der Waals surface area (Å²) in [6.07, 6.45) is -4.59. The maximum Gasteiger partial charge on any atom is 0.516 e. The number of phosphoric acid groups is 1. The quantitative estimate of drug-likeness (QED) is 0.231. The molecule has 1 unspecified atom stereocenters. The second-order valence-electron chi connectivity index (χ2n) is 4.65. The molecule has 0 spiro atoms. The Labute approximate surface area is 123 Å². The molecule has 124 valence electrons. The maximum atomic E-state index is 12.1. The monoisotopic (exact) mass is 340 g/mol. The van der Waals surface area contributed by atoms with Crippen LogP contribution in [0.3, 0.4) is 0 Å². The minimum Gasteiger partial charge on any atom is -0.394 e. The van der Waals surface area contributed by atoms with Crippen LogP contribution in [0.4, 0.5) is 4.79 Å². The van der Waals surface area contributed by atoms with Gasteiger partial charge in [-0.05, 0) is 4.65 Å². The van der Waals surface area contributed by atoms with E-state index in [9.17, 15) is 19.6 Å². The van der Waals surface area contributed by atoms with Gasteiger partial charge in [-0.2, -0.15) is 0 Å². The number of ether oxygens (including phenoxy) is 1. The van der Waals surface area contributed by atoms with Crippen LogP contribution in [0, 0.1) is 0 Å². The normalized spacial score (nSPS) is 39.1. The molecule has 7 N–H and O–H groups in total. The van der Waals surface area contributed by atoms with E-state index in [-0.39, 0.29) is 5.84 Å². The van der Waals surface area contributed by atoms with Gasteiger partial charge in [-0.15, -0.1) is 4.99 Å². The molecule has 2 aliphatic rings. The number of urea groups is 1. The molecule has 0 saturated carbocycles. The fourth-order valence-electron chi connectivity index (χ4n) is 2.15. The lowest BCUT2D eigenvalue weighted by Gasteiger charge is -2.33. The van der Waals surface area contributed by atoms with Gasteiger partial charge in [0.1, 0.15) is 24.2 Å². The highest BCUT2D eigenvalue weighted by Gasteiger charge is 2.62. The van der Waals surface area contributed by atoms with E-state index < -0.39 is 49.6 Å². The molecule has 2 rings (SSSR count). The van der Waals surface area contributed by atoms with E-state index in [4.69, 9.17) is 25.4 Å². The van der Waals surface area contributed by atoms with Crippen LogP contribution in [0.2, 0.25) is 0 Å². The molecule has 0 aromatic rings. The Morgan fingerprint density at radius 3 is 2.50 bits per heavy atom. The summed E-state index contributed by atoms with van der Waals surface area (Å²) in [4.78, 5) is 33.4. The van der Waals surface area contributed by atoms with E-state index >= 15 is 0 Å². The Bertz CT molecular complexity index is 575. The van der Waals surface area contributed by atoms with Crippen molar-refractivity contribution >= 4 is 19.7 Å². The van der Waals surface area contributed by atoms with Crippen molar-refractivity contribution < 1.29 is 48.5 Å². The number of carbonyl (C=O) groups excluding carboxylic acids is 1. The molecule has 13 heteroatoms. The minimum absolute atomic E-state index is 0.250. The molecule has 5 atom stereocenters. The fourth-order valence-corrected chi connectivity index (χ4v) is 2.72. The number of aliphatic hydroxyl groups is 3. The van der Waals surface area contributed by atoms with Crippen LogP contribution in [0.15, 0.2) is 17.3 Å². The number of rotatable bonds is 4. The van der Waals surface area contributed by atoms with E-state index in [1.165, 1.54) is 0 Å². The zero-order valence-electron chi connectivity index (χ0n) is 11.0. The first-order valence-corrected chi connectivity index (χ1v) is 7.49. The second kappa shape index (κ2) is 5.77. The van der Waals surface area contributed by atoms with Gasteiger partial charge in [-0.25, -0.2) is 9.36 Å². The Morgan fingerprint density at radius 1 is 1.41 bits per heavy atom. The van der Waals surface area contributed by atoms with Crippen LogP contribution in [-0.2, 0) is 13.9 Å². The molecule has 0 radical (unpaired) electrons. The smallest absolute Gasteiger partial charge is 0.394 e. The molecular weight excluding hydrogens is 325 g/mol. The lowest BCUT2D eigenvalue weighted by Crippen LogP contribution is -2.59. The Kier molecular flexibility index (Phi) is 4.50. The SMILES string of the molecule is NC1=NC(=O)[N+](OP(=O)(O)O)([C@@H]2O[C@H](CO)[C@@H](O)[C@H]2O)C=C1. The van der Waals surface area contributed by atoms with Crippen molar-refractivity contribution in [2.45, 2.75) is 24.5 Å². The van der Waals surface area contributed by atoms with E-state index in [1.807, 2.05) is 0 Å². The van der Waals surface area contributed by atoms with Gasteiger partial charge in [-0.3, -0.25) is 9.79 Å². The zero-order valence-corrected chi connectivity index (χ0v) is 11.9. The molecule has 2 heterocycles. The first-order valence-electron chi connectivity index (χ1n) is 5.96. The lowest BCUT2D eigenvalue weighted by molar-refractivity contribution is -1.01. The van der Waals surface area contributed by atoms with Gasteiger partial charge in [-0.1, -0.05) is 4.62 Å². The summed E-state index contributed by atoms with van der Waals surface area (Å²) < 4.78 is 19.1. The zero-order chi connectivity index (χ0) is 16.7. The summed E-state index contributed by atoms with van der Waals surface area (Å²) in [6, 6.07) is -1.28. The highest BCUT2D eigenvalue weighted by molar-refractivity contribution is 7.46. The van der Waals surface area contributed by atoms with Crippen LogP contribution in [0.5, 0.6) is 0 Å². The number of aliphatic hydroxyl groups excluding tert-OH is 3. The molecule has 2 amide bonds. The molecular formula is C9H15N3O9P+. The highest BCUT2D eigenvalue weighted by atomic mass is 31.2. The first-order chi connectivity index (χ1) is 10.1. The van der Waals surface area contributed by atoms with Gasteiger partial charge >= 0.3 is 13.9 Å². The third-order valence-electron chi connectivity index (χ3n) is 3.13. The average Bonchev–Trinajstić information content (AvgIpc) is 2.69. The number of hydrogen-bond donors (Lipinski definition) is 6. The average molecular weight is 340 g/mol. The summed E-state index contributed by atoms with van der Waals surface area (Å²) in [7, 11) is -5.23. The van der Waals surface area contributed by atoms with Crippen molar-refractivity contribution in [2.75, 3.05) is 6.61 Å². The van der Waals surface area contributed by atoms with Crippen molar-refractivity contribution in [3.63, 3.8) is 0 Å². The Hall–Kier alpha value is -1.21. The summed E-state index contributed by atoms with van der Waals surface area (Å²) >= 11 is 0. The van der Waals surface area contributed by atoms with Crippen molar-refractivity contribution in [3.8, 4) is 0 Å². The number of nitrogens with two attached hydrogens (primary N) is 1. The van der Waals surface area contributed by atoms with Gasteiger partial charge in [0.2, 0.25) is 0 Å².